The van der Waals surface area contributed by atoms with Crippen molar-refractivity contribution in [2.45, 2.75) is 13.8 Å². The first-order valence-corrected chi connectivity index (χ1v) is 6.01. The number of anilines is 1. The van der Waals surface area contributed by atoms with Crippen LogP contribution in [0.1, 0.15) is 23.0 Å². The molecule has 0 aliphatic carbocycles. The smallest absolute Gasteiger partial charge is 0.339 e. The summed E-state index contributed by atoms with van der Waals surface area (Å²) in [5.41, 5.74) is 1.35. The topological polar surface area (TPSA) is 73.7 Å². The van der Waals surface area contributed by atoms with Crippen molar-refractivity contribution in [2.24, 2.45) is 0 Å². The average Bonchev–Trinajstić information content (AvgIpc) is 2.34. The van der Waals surface area contributed by atoms with Crippen molar-refractivity contribution in [1.29, 1.82) is 0 Å². The van der Waals surface area contributed by atoms with E-state index >= 15 is 0 Å². The molecule has 0 aromatic carbocycles. The lowest BCUT2D eigenvalue weighted by molar-refractivity contribution is -0.127. The number of aromatic carboxylic acids is 1. The quantitative estimate of drug-likeness (QED) is 0.859. The van der Waals surface area contributed by atoms with Crippen LogP contribution in [-0.2, 0) is 4.79 Å². The zero-order chi connectivity index (χ0) is 14.6. The normalized spacial score (nSPS) is 10.1. The largest absolute Gasteiger partial charge is 0.478 e. The summed E-state index contributed by atoms with van der Waals surface area (Å²) in [5.74, 6) is -1.12. The first-order chi connectivity index (χ1) is 8.86. The summed E-state index contributed by atoms with van der Waals surface area (Å²) in [6.45, 7) is 4.36. The van der Waals surface area contributed by atoms with Gasteiger partial charge in [-0.3, -0.25) is 9.78 Å². The molecule has 6 nitrogen and oxygen atoms in total. The number of carboxylic acids is 1. The molecule has 1 aromatic heterocycles. The Morgan fingerprint density at radius 2 is 2.00 bits per heavy atom. The maximum atomic E-state index is 11.8. The van der Waals surface area contributed by atoms with Crippen LogP contribution >= 0.6 is 0 Å². The maximum absolute atomic E-state index is 11.8. The van der Waals surface area contributed by atoms with Gasteiger partial charge in [0.2, 0.25) is 5.91 Å². The SMILES string of the molecule is CCN(CC(=O)N(C)C)c1cc(C)ncc1C(=O)O. The monoisotopic (exact) mass is 265 g/mol. The van der Waals surface area contributed by atoms with Gasteiger partial charge in [0.15, 0.2) is 0 Å². The lowest BCUT2D eigenvalue weighted by Gasteiger charge is -2.25. The van der Waals surface area contributed by atoms with Crippen LogP contribution in [0.5, 0.6) is 0 Å². The summed E-state index contributed by atoms with van der Waals surface area (Å²) in [6, 6.07) is 1.69. The molecule has 0 radical (unpaired) electrons. The predicted molar refractivity (Wildman–Crippen MR) is 72.5 cm³/mol. The van der Waals surface area contributed by atoms with Crippen LogP contribution in [0.15, 0.2) is 12.3 Å². The van der Waals surface area contributed by atoms with E-state index in [1.54, 1.807) is 32.0 Å². The van der Waals surface area contributed by atoms with Crippen LogP contribution in [0.4, 0.5) is 5.69 Å². The van der Waals surface area contributed by atoms with Gasteiger partial charge >= 0.3 is 5.97 Å². The van der Waals surface area contributed by atoms with Gasteiger partial charge in [-0.25, -0.2) is 4.79 Å². The van der Waals surface area contributed by atoms with Crippen molar-refractivity contribution >= 4 is 17.6 Å². The highest BCUT2D eigenvalue weighted by molar-refractivity contribution is 5.95. The van der Waals surface area contributed by atoms with Crippen molar-refractivity contribution in [2.75, 3.05) is 32.1 Å². The maximum Gasteiger partial charge on any atom is 0.339 e. The van der Waals surface area contributed by atoms with Gasteiger partial charge in [0.05, 0.1) is 12.2 Å². The molecule has 104 valence electrons. The van der Waals surface area contributed by atoms with Gasteiger partial charge in [-0.1, -0.05) is 0 Å². The molecule has 0 atom stereocenters. The zero-order valence-electron chi connectivity index (χ0n) is 11.7. The molecular weight excluding hydrogens is 246 g/mol. The molecule has 1 amide bonds. The molecule has 0 unspecified atom stereocenters. The third-order valence-electron chi connectivity index (χ3n) is 2.80. The molecule has 0 aliphatic heterocycles. The number of hydrogen-bond acceptors (Lipinski definition) is 4. The number of amides is 1. The first kappa shape index (κ1) is 14.9. The summed E-state index contributed by atoms with van der Waals surface area (Å²) in [4.78, 5) is 30.2. The summed E-state index contributed by atoms with van der Waals surface area (Å²) in [6.07, 6.45) is 1.33. The van der Waals surface area contributed by atoms with Crippen molar-refractivity contribution in [1.82, 2.24) is 9.88 Å². The van der Waals surface area contributed by atoms with Crippen molar-refractivity contribution in [3.63, 3.8) is 0 Å². The Bertz CT molecular complexity index is 486. The lowest BCUT2D eigenvalue weighted by Crippen LogP contribution is -2.37. The molecule has 1 heterocycles. The van der Waals surface area contributed by atoms with E-state index < -0.39 is 5.97 Å². The van der Waals surface area contributed by atoms with Gasteiger partial charge in [-0.2, -0.15) is 0 Å². The Balaban J connectivity index is 3.13. The number of carbonyl (C=O) groups excluding carboxylic acids is 1. The van der Waals surface area contributed by atoms with Crippen molar-refractivity contribution < 1.29 is 14.7 Å². The Kier molecular flexibility index (Phi) is 4.86. The molecule has 0 saturated heterocycles. The van der Waals surface area contributed by atoms with E-state index in [0.29, 0.717) is 12.2 Å². The number of rotatable bonds is 5. The van der Waals surface area contributed by atoms with Crippen LogP contribution in [0, 0.1) is 6.92 Å². The predicted octanol–water partition coefficient (Wildman–Crippen LogP) is 1.00. The number of carbonyl (C=O) groups is 2. The second-order valence-corrected chi connectivity index (χ2v) is 4.45. The molecule has 0 bridgehead atoms. The van der Waals surface area contributed by atoms with Crippen LogP contribution in [-0.4, -0.2) is 54.1 Å². The fourth-order valence-corrected chi connectivity index (χ4v) is 1.64. The van der Waals surface area contributed by atoms with E-state index in [0.717, 1.165) is 5.69 Å². The average molecular weight is 265 g/mol. The molecular formula is C13H19N3O3. The van der Waals surface area contributed by atoms with E-state index in [-0.39, 0.29) is 18.0 Å². The summed E-state index contributed by atoms with van der Waals surface area (Å²) in [7, 11) is 3.35. The zero-order valence-corrected chi connectivity index (χ0v) is 11.7. The Hall–Kier alpha value is -2.11. The number of carboxylic acid groups (broad SMARTS) is 1. The second kappa shape index (κ2) is 6.17. The second-order valence-electron chi connectivity index (χ2n) is 4.45. The van der Waals surface area contributed by atoms with Crippen molar-refractivity contribution in [3.8, 4) is 0 Å². The van der Waals surface area contributed by atoms with Gasteiger partial charge in [0.1, 0.15) is 5.56 Å². The minimum Gasteiger partial charge on any atom is -0.478 e. The highest BCUT2D eigenvalue weighted by Gasteiger charge is 2.18. The number of aryl methyl sites for hydroxylation is 1. The van der Waals surface area contributed by atoms with E-state index in [9.17, 15) is 14.7 Å². The van der Waals surface area contributed by atoms with Gasteiger partial charge in [-0.05, 0) is 19.9 Å². The van der Waals surface area contributed by atoms with E-state index in [4.69, 9.17) is 0 Å². The highest BCUT2D eigenvalue weighted by atomic mass is 16.4. The van der Waals surface area contributed by atoms with Gasteiger partial charge in [0, 0.05) is 32.5 Å². The number of pyridine rings is 1. The molecule has 0 aliphatic rings. The third kappa shape index (κ3) is 3.67. The molecule has 0 spiro atoms. The molecule has 19 heavy (non-hydrogen) atoms. The van der Waals surface area contributed by atoms with Gasteiger partial charge in [0.25, 0.3) is 0 Å². The van der Waals surface area contributed by atoms with Crippen molar-refractivity contribution in [3.05, 3.63) is 23.5 Å². The van der Waals surface area contributed by atoms with Crippen LogP contribution in [0.2, 0.25) is 0 Å². The standard InChI is InChI=1S/C13H19N3O3/c1-5-16(8-12(17)15(3)4)11-6-9(2)14-7-10(11)13(18)19/h6-7H,5,8H2,1-4H3,(H,18,19). The molecule has 0 saturated carbocycles. The van der Waals surface area contributed by atoms with E-state index in [1.807, 2.05) is 6.92 Å². The molecule has 1 aromatic rings. The van der Waals surface area contributed by atoms with Gasteiger partial charge in [-0.15, -0.1) is 0 Å². The van der Waals surface area contributed by atoms with E-state index in [1.165, 1.54) is 11.1 Å². The molecule has 1 N–H and O–H groups in total. The van der Waals surface area contributed by atoms with Crippen LogP contribution < -0.4 is 4.90 Å². The minimum absolute atomic E-state index is 0.0762. The third-order valence-corrected chi connectivity index (χ3v) is 2.80. The number of aromatic nitrogens is 1. The highest BCUT2D eigenvalue weighted by Crippen LogP contribution is 2.21. The Labute approximate surface area is 112 Å². The summed E-state index contributed by atoms with van der Waals surface area (Å²) in [5, 5.41) is 9.18. The summed E-state index contributed by atoms with van der Waals surface area (Å²) >= 11 is 0. The van der Waals surface area contributed by atoms with E-state index in [2.05, 4.69) is 4.98 Å². The number of hydrogen-bond donors (Lipinski definition) is 1. The first-order valence-electron chi connectivity index (χ1n) is 6.01. The fourth-order valence-electron chi connectivity index (χ4n) is 1.64. The molecule has 0 fully saturated rings. The molecule has 1 rings (SSSR count). The number of likely N-dealkylation sites (N-methyl/N-ethyl adjacent to an activating group) is 2. The summed E-state index contributed by atoms with van der Waals surface area (Å²) < 4.78 is 0. The fraction of sp³-hybridized carbons (Fsp3) is 0.462. The minimum atomic E-state index is -1.04. The Morgan fingerprint density at radius 3 is 2.47 bits per heavy atom. The van der Waals surface area contributed by atoms with Gasteiger partial charge < -0.3 is 14.9 Å². The molecule has 6 heteroatoms. The number of nitrogens with zero attached hydrogens (tertiary/aromatic N) is 3. The Morgan fingerprint density at radius 1 is 1.37 bits per heavy atom. The lowest BCUT2D eigenvalue weighted by atomic mass is 10.2. The van der Waals surface area contributed by atoms with Crippen LogP contribution in [0.3, 0.4) is 0 Å². The van der Waals surface area contributed by atoms with Crippen LogP contribution in [0.25, 0.3) is 0 Å².